The normalized spacial score (nSPS) is 10.0. The van der Waals surface area contributed by atoms with Gasteiger partial charge in [-0.2, -0.15) is 5.26 Å². The van der Waals surface area contributed by atoms with Gasteiger partial charge in [0.05, 0.1) is 17.9 Å². The van der Waals surface area contributed by atoms with Crippen molar-refractivity contribution in [1.29, 1.82) is 5.26 Å². The lowest BCUT2D eigenvalue weighted by atomic mass is 10.1. The fourth-order valence-corrected chi connectivity index (χ4v) is 2.16. The molecule has 3 aromatic rings. The van der Waals surface area contributed by atoms with Crippen molar-refractivity contribution >= 4 is 5.91 Å². The average molecular weight is 303 g/mol. The molecule has 0 fully saturated rings. The maximum absolute atomic E-state index is 12.1. The minimum absolute atomic E-state index is 0.224. The summed E-state index contributed by atoms with van der Waals surface area (Å²) in [7, 11) is 0. The second-order valence-corrected chi connectivity index (χ2v) is 4.90. The number of hydrogen-bond acceptors (Lipinski definition) is 4. The maximum atomic E-state index is 12.1. The molecule has 0 saturated heterocycles. The van der Waals surface area contributed by atoms with E-state index in [0.717, 1.165) is 5.56 Å². The Bertz CT molecular complexity index is 864. The predicted molar refractivity (Wildman–Crippen MR) is 84.3 cm³/mol. The molecule has 0 aliphatic rings. The summed E-state index contributed by atoms with van der Waals surface area (Å²) in [6.45, 7) is 0.367. The van der Waals surface area contributed by atoms with Crippen LogP contribution < -0.4 is 5.32 Å². The number of pyridine rings is 1. The highest BCUT2D eigenvalue weighted by Crippen LogP contribution is 2.18. The number of nitriles is 1. The summed E-state index contributed by atoms with van der Waals surface area (Å²) in [4.78, 5) is 16.4. The molecule has 5 heteroatoms. The summed E-state index contributed by atoms with van der Waals surface area (Å²) >= 11 is 0. The number of aromatic nitrogens is 1. The van der Waals surface area contributed by atoms with Gasteiger partial charge in [-0.3, -0.25) is 9.78 Å². The van der Waals surface area contributed by atoms with E-state index in [2.05, 4.69) is 10.3 Å². The molecule has 1 aromatic carbocycles. The molecular formula is C18H13N3O2. The number of amides is 1. The smallest absolute Gasteiger partial charge is 0.251 e. The van der Waals surface area contributed by atoms with Crippen LogP contribution in [-0.4, -0.2) is 10.9 Å². The second-order valence-electron chi connectivity index (χ2n) is 4.90. The lowest BCUT2D eigenvalue weighted by Gasteiger charge is -2.06. The third-order valence-corrected chi connectivity index (χ3v) is 3.30. The standard InChI is InChI=1S/C18H13N3O2/c19-11-13-3-1-4-15(9-13)18(22)21-12-14-6-7-20-16(10-14)17-5-2-8-23-17/h1-10H,12H2,(H,21,22). The third-order valence-electron chi connectivity index (χ3n) is 3.30. The van der Waals surface area contributed by atoms with Crippen LogP contribution in [0.25, 0.3) is 11.5 Å². The number of carbonyl (C=O) groups excluding carboxylic acids is 1. The summed E-state index contributed by atoms with van der Waals surface area (Å²) in [5, 5.41) is 11.7. The zero-order chi connectivity index (χ0) is 16.1. The molecule has 2 aromatic heterocycles. The van der Waals surface area contributed by atoms with Crippen LogP contribution in [0, 0.1) is 11.3 Å². The third kappa shape index (κ3) is 3.44. The number of nitrogens with zero attached hydrogens (tertiary/aromatic N) is 2. The molecule has 112 valence electrons. The summed E-state index contributed by atoms with van der Waals surface area (Å²) in [6.07, 6.45) is 3.27. The van der Waals surface area contributed by atoms with Gasteiger partial charge in [0, 0.05) is 18.3 Å². The van der Waals surface area contributed by atoms with Crippen LogP contribution in [0.15, 0.2) is 65.4 Å². The second kappa shape index (κ2) is 6.58. The van der Waals surface area contributed by atoms with Crippen LogP contribution in [0.2, 0.25) is 0 Å². The Morgan fingerprint density at radius 1 is 1.22 bits per heavy atom. The van der Waals surface area contributed by atoms with Crippen molar-refractivity contribution in [2.75, 3.05) is 0 Å². The Morgan fingerprint density at radius 3 is 2.91 bits per heavy atom. The van der Waals surface area contributed by atoms with E-state index in [-0.39, 0.29) is 5.91 Å². The molecule has 0 atom stereocenters. The topological polar surface area (TPSA) is 78.9 Å². The summed E-state index contributed by atoms with van der Waals surface area (Å²) < 4.78 is 5.31. The number of furan rings is 1. The van der Waals surface area contributed by atoms with E-state index in [1.54, 1.807) is 42.8 Å². The van der Waals surface area contributed by atoms with Crippen LogP contribution in [0.1, 0.15) is 21.5 Å². The number of benzene rings is 1. The lowest BCUT2D eigenvalue weighted by molar-refractivity contribution is 0.0951. The van der Waals surface area contributed by atoms with Crippen molar-refractivity contribution in [3.63, 3.8) is 0 Å². The minimum Gasteiger partial charge on any atom is -0.463 e. The van der Waals surface area contributed by atoms with Crippen LogP contribution in [0.5, 0.6) is 0 Å². The van der Waals surface area contributed by atoms with Crippen LogP contribution in [0.4, 0.5) is 0 Å². The van der Waals surface area contributed by atoms with Crippen LogP contribution in [0.3, 0.4) is 0 Å². The van der Waals surface area contributed by atoms with Crippen LogP contribution >= 0.6 is 0 Å². The van der Waals surface area contributed by atoms with E-state index in [1.165, 1.54) is 0 Å². The van der Waals surface area contributed by atoms with Gasteiger partial charge >= 0.3 is 0 Å². The maximum Gasteiger partial charge on any atom is 0.251 e. The largest absolute Gasteiger partial charge is 0.463 e. The van der Waals surface area contributed by atoms with Crippen molar-refractivity contribution in [2.24, 2.45) is 0 Å². The first kappa shape index (κ1) is 14.5. The Hall–Kier alpha value is -3.39. The van der Waals surface area contributed by atoms with Crippen LogP contribution in [-0.2, 0) is 6.54 Å². The molecule has 2 heterocycles. The fourth-order valence-electron chi connectivity index (χ4n) is 2.16. The number of carbonyl (C=O) groups is 1. The summed E-state index contributed by atoms with van der Waals surface area (Å²) in [6, 6.07) is 15.9. The van der Waals surface area contributed by atoms with Crippen molar-refractivity contribution in [2.45, 2.75) is 6.54 Å². The SMILES string of the molecule is N#Cc1cccc(C(=O)NCc2ccnc(-c3ccco3)c2)c1. The van der Waals surface area contributed by atoms with Gasteiger partial charge in [0.1, 0.15) is 5.69 Å². The molecule has 1 amide bonds. The Kier molecular flexibility index (Phi) is 4.16. The molecule has 1 N–H and O–H groups in total. The van der Waals surface area contributed by atoms with Gasteiger partial charge in [0.2, 0.25) is 0 Å². The first-order valence-corrected chi connectivity index (χ1v) is 7.03. The van der Waals surface area contributed by atoms with E-state index in [9.17, 15) is 4.79 Å². The van der Waals surface area contributed by atoms with Gasteiger partial charge in [-0.1, -0.05) is 6.07 Å². The quantitative estimate of drug-likeness (QED) is 0.803. The zero-order valence-electron chi connectivity index (χ0n) is 12.2. The van der Waals surface area contributed by atoms with Gasteiger partial charge in [0.15, 0.2) is 5.76 Å². The van der Waals surface area contributed by atoms with E-state index in [4.69, 9.17) is 9.68 Å². The van der Waals surface area contributed by atoms with Gasteiger partial charge < -0.3 is 9.73 Å². The lowest BCUT2D eigenvalue weighted by Crippen LogP contribution is -2.22. The number of hydrogen-bond donors (Lipinski definition) is 1. The first-order valence-electron chi connectivity index (χ1n) is 7.03. The molecular weight excluding hydrogens is 290 g/mol. The minimum atomic E-state index is -0.224. The molecule has 3 rings (SSSR count). The fraction of sp³-hybridized carbons (Fsp3) is 0.0556. The molecule has 0 saturated carbocycles. The highest BCUT2D eigenvalue weighted by molar-refractivity contribution is 5.94. The van der Waals surface area contributed by atoms with Gasteiger partial charge in [0.25, 0.3) is 5.91 Å². The molecule has 0 aliphatic heterocycles. The van der Waals surface area contributed by atoms with Crippen molar-refractivity contribution in [1.82, 2.24) is 10.3 Å². The Labute approximate surface area is 133 Å². The molecule has 0 aliphatic carbocycles. The molecule has 0 unspecified atom stereocenters. The van der Waals surface area contributed by atoms with Crippen molar-refractivity contribution < 1.29 is 9.21 Å². The monoisotopic (exact) mass is 303 g/mol. The molecule has 0 bridgehead atoms. The molecule has 0 radical (unpaired) electrons. The number of rotatable bonds is 4. The summed E-state index contributed by atoms with van der Waals surface area (Å²) in [5.41, 5.74) is 2.55. The summed E-state index contributed by atoms with van der Waals surface area (Å²) in [5.74, 6) is 0.457. The van der Waals surface area contributed by atoms with Crippen molar-refractivity contribution in [3.8, 4) is 17.5 Å². The molecule has 23 heavy (non-hydrogen) atoms. The highest BCUT2D eigenvalue weighted by atomic mass is 16.3. The van der Waals surface area contributed by atoms with E-state index in [1.807, 2.05) is 24.3 Å². The average Bonchev–Trinajstić information content (AvgIpc) is 3.14. The first-order chi connectivity index (χ1) is 11.3. The molecule has 0 spiro atoms. The van der Waals surface area contributed by atoms with Gasteiger partial charge in [-0.25, -0.2) is 0 Å². The van der Waals surface area contributed by atoms with Crippen molar-refractivity contribution in [3.05, 3.63) is 77.7 Å². The predicted octanol–water partition coefficient (Wildman–Crippen LogP) is 3.14. The zero-order valence-corrected chi connectivity index (χ0v) is 12.2. The molecule has 5 nitrogen and oxygen atoms in total. The van der Waals surface area contributed by atoms with E-state index >= 15 is 0 Å². The number of nitrogens with one attached hydrogen (secondary N) is 1. The Morgan fingerprint density at radius 2 is 2.13 bits per heavy atom. The van der Waals surface area contributed by atoms with Gasteiger partial charge in [-0.05, 0) is 48.0 Å². The highest BCUT2D eigenvalue weighted by Gasteiger charge is 2.07. The van der Waals surface area contributed by atoms with E-state index in [0.29, 0.717) is 29.1 Å². The Balaban J connectivity index is 1.70. The van der Waals surface area contributed by atoms with E-state index < -0.39 is 0 Å². The van der Waals surface area contributed by atoms with Gasteiger partial charge in [-0.15, -0.1) is 0 Å².